The van der Waals surface area contributed by atoms with Crippen molar-refractivity contribution in [2.75, 3.05) is 20.1 Å². The Kier molecular flexibility index (Phi) is 2.39. The van der Waals surface area contributed by atoms with E-state index in [-0.39, 0.29) is 0 Å². The Hall–Kier alpha value is -2.23. The summed E-state index contributed by atoms with van der Waals surface area (Å²) in [7, 11) is 2.13. The van der Waals surface area contributed by atoms with Crippen LogP contribution in [0.2, 0.25) is 0 Å². The first-order chi connectivity index (χ1) is 9.74. The van der Waals surface area contributed by atoms with Gasteiger partial charge in [-0.2, -0.15) is 0 Å². The summed E-state index contributed by atoms with van der Waals surface area (Å²) in [4.78, 5) is 11.4. The number of allylic oxidation sites excluding steroid dienone is 2. The lowest BCUT2D eigenvalue weighted by Gasteiger charge is -2.31. The summed E-state index contributed by atoms with van der Waals surface area (Å²) in [6.45, 7) is 4.40. The number of aromatic nitrogens is 1. The molecule has 1 unspecified atom stereocenters. The number of nitrogens with zero attached hydrogens (tertiary/aromatic N) is 4. The Morgan fingerprint density at radius 3 is 2.85 bits per heavy atom. The summed E-state index contributed by atoms with van der Waals surface area (Å²) in [5.41, 5.74) is 3.52. The van der Waals surface area contributed by atoms with Crippen LogP contribution in [0, 0.1) is 6.92 Å². The predicted molar refractivity (Wildman–Crippen MR) is 79.1 cm³/mol. The van der Waals surface area contributed by atoms with Crippen LogP contribution in [0.4, 0.5) is 0 Å². The van der Waals surface area contributed by atoms with Gasteiger partial charge in [-0.05, 0) is 24.6 Å². The van der Waals surface area contributed by atoms with Gasteiger partial charge < -0.3 is 14.7 Å². The topological polar surface area (TPSA) is 22.4 Å². The molecule has 1 aromatic rings. The van der Waals surface area contributed by atoms with Crippen molar-refractivity contribution in [3.63, 3.8) is 0 Å². The smallest absolute Gasteiger partial charge is 0.127 e. The second kappa shape index (κ2) is 4.13. The standard InChI is InChI=1S/C16H18N4/c1-12-14(4-3-7-17-12)13-5-6-15-18(2)11-16(19-8-9-19)20(15)10-13/h3-7,10-11,15H,8-9H2,1-2H3. The summed E-state index contributed by atoms with van der Waals surface area (Å²) in [6, 6.07) is 4.14. The third-order valence-corrected chi connectivity index (χ3v) is 4.10. The van der Waals surface area contributed by atoms with Gasteiger partial charge in [-0.25, -0.2) is 0 Å². The minimum atomic E-state index is 0.311. The molecule has 1 atom stereocenters. The molecule has 0 bridgehead atoms. The summed E-state index contributed by atoms with van der Waals surface area (Å²) >= 11 is 0. The van der Waals surface area contributed by atoms with Gasteiger partial charge in [0.25, 0.3) is 0 Å². The number of likely N-dealkylation sites (N-methyl/N-ethyl adjacent to an activating group) is 1. The molecule has 1 aromatic heterocycles. The Bertz CT molecular complexity index is 640. The van der Waals surface area contributed by atoms with Crippen LogP contribution >= 0.6 is 0 Å². The van der Waals surface area contributed by atoms with E-state index in [2.05, 4.69) is 64.3 Å². The van der Waals surface area contributed by atoms with Gasteiger partial charge in [0, 0.05) is 50.0 Å². The molecular weight excluding hydrogens is 248 g/mol. The molecule has 4 heterocycles. The molecule has 0 amide bonds. The molecule has 0 aromatic carbocycles. The molecule has 1 saturated heterocycles. The Labute approximate surface area is 119 Å². The van der Waals surface area contributed by atoms with E-state index in [1.54, 1.807) is 0 Å². The van der Waals surface area contributed by atoms with Crippen molar-refractivity contribution in [2.45, 2.75) is 13.1 Å². The molecule has 20 heavy (non-hydrogen) atoms. The molecule has 0 saturated carbocycles. The number of fused-ring (bicyclic) bond motifs is 1. The lowest BCUT2D eigenvalue weighted by Crippen LogP contribution is -2.35. The molecule has 0 aliphatic carbocycles. The largest absolute Gasteiger partial charge is 0.354 e. The summed E-state index contributed by atoms with van der Waals surface area (Å²) < 4.78 is 0. The number of aryl methyl sites for hydroxylation is 1. The summed E-state index contributed by atoms with van der Waals surface area (Å²) in [5.74, 6) is 1.31. The van der Waals surface area contributed by atoms with Crippen LogP contribution < -0.4 is 0 Å². The maximum absolute atomic E-state index is 4.39. The molecule has 102 valence electrons. The van der Waals surface area contributed by atoms with Gasteiger partial charge in [0.2, 0.25) is 0 Å². The second-order valence-corrected chi connectivity index (χ2v) is 5.54. The molecule has 4 heteroatoms. The van der Waals surface area contributed by atoms with E-state index >= 15 is 0 Å². The first kappa shape index (κ1) is 11.6. The van der Waals surface area contributed by atoms with Crippen LogP contribution in [0.3, 0.4) is 0 Å². The van der Waals surface area contributed by atoms with Crippen molar-refractivity contribution >= 4 is 5.57 Å². The molecular formula is C16H18N4. The fraction of sp³-hybridized carbons (Fsp3) is 0.312. The van der Waals surface area contributed by atoms with Gasteiger partial charge in [0.1, 0.15) is 12.0 Å². The van der Waals surface area contributed by atoms with Gasteiger partial charge in [-0.1, -0.05) is 12.1 Å². The molecule has 0 N–H and O–H groups in total. The van der Waals surface area contributed by atoms with Crippen LogP contribution in [0.15, 0.2) is 48.7 Å². The minimum Gasteiger partial charge on any atom is -0.354 e. The van der Waals surface area contributed by atoms with E-state index in [1.165, 1.54) is 30.0 Å². The van der Waals surface area contributed by atoms with E-state index in [0.29, 0.717) is 6.17 Å². The van der Waals surface area contributed by atoms with Crippen molar-refractivity contribution < 1.29 is 0 Å². The van der Waals surface area contributed by atoms with Crippen LogP contribution in [0.5, 0.6) is 0 Å². The van der Waals surface area contributed by atoms with Gasteiger partial charge in [0.15, 0.2) is 0 Å². The van der Waals surface area contributed by atoms with Gasteiger partial charge in [-0.15, -0.1) is 0 Å². The zero-order valence-electron chi connectivity index (χ0n) is 11.8. The second-order valence-electron chi connectivity index (χ2n) is 5.54. The molecule has 0 radical (unpaired) electrons. The van der Waals surface area contributed by atoms with Crippen LogP contribution in [0.25, 0.3) is 5.57 Å². The SMILES string of the molecule is Cc1ncccc1C1=CN2C(N3CC3)=CN(C)C2C=C1. The lowest BCUT2D eigenvalue weighted by atomic mass is 10.0. The molecule has 4 rings (SSSR count). The highest BCUT2D eigenvalue weighted by Gasteiger charge is 2.35. The van der Waals surface area contributed by atoms with Crippen molar-refractivity contribution in [1.82, 2.24) is 19.7 Å². The fourth-order valence-corrected chi connectivity index (χ4v) is 2.88. The van der Waals surface area contributed by atoms with Crippen molar-refractivity contribution in [3.8, 4) is 0 Å². The zero-order chi connectivity index (χ0) is 13.7. The van der Waals surface area contributed by atoms with Crippen LogP contribution in [-0.4, -0.2) is 46.0 Å². The monoisotopic (exact) mass is 266 g/mol. The Morgan fingerprint density at radius 1 is 1.25 bits per heavy atom. The average molecular weight is 266 g/mol. The third-order valence-electron chi connectivity index (χ3n) is 4.10. The number of hydrogen-bond acceptors (Lipinski definition) is 4. The van der Waals surface area contributed by atoms with Gasteiger partial charge in [-0.3, -0.25) is 4.98 Å². The first-order valence-electron chi connectivity index (χ1n) is 7.03. The van der Waals surface area contributed by atoms with E-state index in [0.717, 1.165) is 5.69 Å². The molecule has 4 nitrogen and oxygen atoms in total. The van der Waals surface area contributed by atoms with E-state index in [9.17, 15) is 0 Å². The van der Waals surface area contributed by atoms with Crippen molar-refractivity contribution in [3.05, 3.63) is 60.0 Å². The maximum Gasteiger partial charge on any atom is 0.127 e. The highest BCUT2D eigenvalue weighted by atomic mass is 15.5. The van der Waals surface area contributed by atoms with Gasteiger partial charge in [0.05, 0.1) is 0 Å². The van der Waals surface area contributed by atoms with Gasteiger partial charge >= 0.3 is 0 Å². The average Bonchev–Trinajstić information content (AvgIpc) is 3.25. The zero-order valence-corrected chi connectivity index (χ0v) is 11.8. The van der Waals surface area contributed by atoms with Crippen molar-refractivity contribution in [2.24, 2.45) is 0 Å². The fourth-order valence-electron chi connectivity index (χ4n) is 2.88. The number of rotatable bonds is 2. The maximum atomic E-state index is 4.39. The van der Waals surface area contributed by atoms with E-state index < -0.39 is 0 Å². The minimum absolute atomic E-state index is 0.311. The lowest BCUT2D eigenvalue weighted by molar-refractivity contribution is 0.250. The summed E-state index contributed by atoms with van der Waals surface area (Å²) in [6.07, 6.45) is 11.1. The Morgan fingerprint density at radius 2 is 2.10 bits per heavy atom. The van der Waals surface area contributed by atoms with Crippen LogP contribution in [-0.2, 0) is 0 Å². The third kappa shape index (κ3) is 1.72. The van der Waals surface area contributed by atoms with E-state index in [4.69, 9.17) is 0 Å². The van der Waals surface area contributed by atoms with Crippen molar-refractivity contribution in [1.29, 1.82) is 0 Å². The molecule has 0 spiro atoms. The normalized spacial score (nSPS) is 23.7. The first-order valence-corrected chi connectivity index (χ1v) is 7.03. The van der Waals surface area contributed by atoms with Crippen LogP contribution in [0.1, 0.15) is 11.3 Å². The molecule has 1 fully saturated rings. The highest BCUT2D eigenvalue weighted by molar-refractivity contribution is 5.76. The number of hydrogen-bond donors (Lipinski definition) is 0. The quantitative estimate of drug-likeness (QED) is 0.763. The Balaban J connectivity index is 1.72. The summed E-state index contributed by atoms with van der Waals surface area (Å²) in [5, 5.41) is 0. The molecule has 3 aliphatic heterocycles. The molecule has 3 aliphatic rings. The predicted octanol–water partition coefficient (Wildman–Crippen LogP) is 1.99. The number of pyridine rings is 1. The van der Waals surface area contributed by atoms with E-state index in [1.807, 2.05) is 12.3 Å². The highest BCUT2D eigenvalue weighted by Crippen LogP contribution is 2.34.